The summed E-state index contributed by atoms with van der Waals surface area (Å²) < 4.78 is 51.4. The number of fused-ring (bicyclic) bond motifs is 1. The van der Waals surface area contributed by atoms with Crippen LogP contribution in [0, 0.1) is 17.1 Å². The zero-order chi connectivity index (χ0) is 30.8. The molecule has 0 spiro atoms. The first-order valence-electron chi connectivity index (χ1n) is 13.9. The minimum atomic E-state index is -2.76. The lowest BCUT2D eigenvalue weighted by Gasteiger charge is -2.31. The molecule has 2 aromatic carbocycles. The molecule has 0 aliphatic carbocycles. The number of nitriles is 1. The number of carboxylic acid groups (broad SMARTS) is 1. The molecular weight excluding hydrogens is 577 g/mol. The molecule has 1 saturated heterocycles. The summed E-state index contributed by atoms with van der Waals surface area (Å²) in [7, 11) is 0. The zero-order valence-corrected chi connectivity index (χ0v) is 23.4. The van der Waals surface area contributed by atoms with Gasteiger partial charge in [-0.2, -0.15) is 14.0 Å². The number of likely N-dealkylation sites (tertiary alicyclic amines) is 1. The number of nitrogens with zero attached hydrogens (tertiary/aromatic N) is 8. The molecule has 0 bridgehead atoms. The molecule has 1 aliphatic rings. The van der Waals surface area contributed by atoms with Crippen molar-refractivity contribution in [3.8, 4) is 11.9 Å². The molecule has 1 N–H and O–H groups in total. The van der Waals surface area contributed by atoms with Crippen LogP contribution in [0.15, 0.2) is 61.2 Å². The Morgan fingerprint density at radius 2 is 1.95 bits per heavy atom. The molecule has 4 heterocycles. The number of aromatic nitrogens is 6. The summed E-state index contributed by atoms with van der Waals surface area (Å²) in [4.78, 5) is 22.5. The van der Waals surface area contributed by atoms with Crippen molar-refractivity contribution in [3.63, 3.8) is 0 Å². The van der Waals surface area contributed by atoms with Gasteiger partial charge in [0.05, 0.1) is 65.6 Å². The van der Waals surface area contributed by atoms with Crippen molar-refractivity contribution in [1.82, 2.24) is 33.8 Å². The number of hydrogen-bond donors (Lipinski definition) is 1. The van der Waals surface area contributed by atoms with Gasteiger partial charge in [0.15, 0.2) is 0 Å². The van der Waals surface area contributed by atoms with Crippen LogP contribution in [0.5, 0.6) is 5.88 Å². The van der Waals surface area contributed by atoms with Crippen molar-refractivity contribution in [2.45, 2.75) is 45.1 Å². The molecule has 11 nitrogen and oxygen atoms in total. The molecule has 44 heavy (non-hydrogen) atoms. The van der Waals surface area contributed by atoms with Crippen molar-refractivity contribution < 1.29 is 27.8 Å². The van der Waals surface area contributed by atoms with E-state index in [0.29, 0.717) is 34.8 Å². The number of ether oxygens (including phenoxy) is 1. The molecule has 0 saturated carbocycles. The first-order chi connectivity index (χ1) is 21.3. The van der Waals surface area contributed by atoms with E-state index in [9.17, 15) is 23.1 Å². The number of halogens is 3. The maximum Gasteiger partial charge on any atom is 0.335 e. The fourth-order valence-corrected chi connectivity index (χ4v) is 5.42. The SMILES string of the molecule is N#Cc1ccc(COc2ccn(C3CCN(Cc4nc5ccc(C(=O)O)cc5n4Cc4cncn4C(F)F)CC3)n2)c(F)c1. The van der Waals surface area contributed by atoms with Crippen LogP contribution in [-0.4, -0.2) is 57.9 Å². The summed E-state index contributed by atoms with van der Waals surface area (Å²) in [5.41, 5.74) is 2.05. The van der Waals surface area contributed by atoms with Gasteiger partial charge in [0.1, 0.15) is 18.2 Å². The first kappa shape index (κ1) is 28.9. The van der Waals surface area contributed by atoms with Crippen LogP contribution < -0.4 is 4.74 Å². The van der Waals surface area contributed by atoms with Crippen LogP contribution in [0.3, 0.4) is 0 Å². The Kier molecular flexibility index (Phi) is 8.03. The monoisotopic (exact) mass is 604 g/mol. The Morgan fingerprint density at radius 1 is 1.14 bits per heavy atom. The second-order valence-electron chi connectivity index (χ2n) is 10.5. The summed E-state index contributed by atoms with van der Waals surface area (Å²) in [6.07, 6.45) is 5.84. The van der Waals surface area contributed by atoms with Gasteiger partial charge in [0.25, 0.3) is 0 Å². The fraction of sp³-hybridized carbons (Fsp3) is 0.300. The number of carboxylic acids is 1. The molecule has 1 fully saturated rings. The summed E-state index contributed by atoms with van der Waals surface area (Å²) in [6, 6.07) is 12.6. The third-order valence-electron chi connectivity index (χ3n) is 7.79. The average molecular weight is 605 g/mol. The number of imidazole rings is 2. The molecule has 0 atom stereocenters. The Morgan fingerprint density at radius 3 is 2.68 bits per heavy atom. The van der Waals surface area contributed by atoms with E-state index in [2.05, 4.69) is 15.0 Å². The highest BCUT2D eigenvalue weighted by Crippen LogP contribution is 2.27. The van der Waals surface area contributed by atoms with E-state index < -0.39 is 18.3 Å². The van der Waals surface area contributed by atoms with Crippen LogP contribution >= 0.6 is 0 Å². The summed E-state index contributed by atoms with van der Waals surface area (Å²) in [6.45, 7) is -0.843. The highest BCUT2D eigenvalue weighted by Gasteiger charge is 2.24. The van der Waals surface area contributed by atoms with E-state index in [1.54, 1.807) is 16.7 Å². The van der Waals surface area contributed by atoms with Crippen molar-refractivity contribution in [2.75, 3.05) is 13.1 Å². The first-order valence-corrected chi connectivity index (χ1v) is 13.9. The number of alkyl halides is 2. The lowest BCUT2D eigenvalue weighted by molar-refractivity contribution is 0.0668. The quantitative estimate of drug-likeness (QED) is 0.236. The van der Waals surface area contributed by atoms with Gasteiger partial charge in [0.2, 0.25) is 5.88 Å². The van der Waals surface area contributed by atoms with Gasteiger partial charge in [-0.25, -0.2) is 19.2 Å². The topological polar surface area (TPSA) is 127 Å². The van der Waals surface area contributed by atoms with Crippen molar-refractivity contribution in [2.24, 2.45) is 0 Å². The number of hydrogen-bond acceptors (Lipinski definition) is 7. The maximum atomic E-state index is 14.2. The van der Waals surface area contributed by atoms with E-state index in [4.69, 9.17) is 15.0 Å². The normalized spacial score (nSPS) is 14.3. The highest BCUT2D eigenvalue weighted by molar-refractivity contribution is 5.92. The molecule has 0 radical (unpaired) electrons. The molecule has 0 amide bonds. The minimum Gasteiger partial charge on any atom is -0.478 e. The Balaban J connectivity index is 1.13. The third kappa shape index (κ3) is 6.00. The number of aromatic carboxylic acids is 1. The molecular formula is C30H27F3N8O3. The van der Waals surface area contributed by atoms with Crippen LogP contribution in [0.1, 0.15) is 58.4 Å². The highest BCUT2D eigenvalue weighted by atomic mass is 19.3. The van der Waals surface area contributed by atoms with Crippen LogP contribution in [0.25, 0.3) is 11.0 Å². The van der Waals surface area contributed by atoms with Crippen molar-refractivity contribution in [1.29, 1.82) is 5.26 Å². The summed E-state index contributed by atoms with van der Waals surface area (Å²) >= 11 is 0. The smallest absolute Gasteiger partial charge is 0.335 e. The molecule has 1 aliphatic heterocycles. The number of carbonyl (C=O) groups is 1. The molecule has 226 valence electrons. The Bertz CT molecular complexity index is 1850. The molecule has 14 heteroatoms. The van der Waals surface area contributed by atoms with E-state index in [1.807, 2.05) is 16.9 Å². The Labute approximate surface area is 249 Å². The minimum absolute atomic E-state index is 0.0138. The second-order valence-corrected chi connectivity index (χ2v) is 10.5. The van der Waals surface area contributed by atoms with Gasteiger partial charge in [0, 0.05) is 30.9 Å². The lowest BCUT2D eigenvalue weighted by atomic mass is 10.1. The number of piperidine rings is 1. The van der Waals surface area contributed by atoms with Gasteiger partial charge >= 0.3 is 12.5 Å². The van der Waals surface area contributed by atoms with Crippen molar-refractivity contribution >= 4 is 17.0 Å². The van der Waals surface area contributed by atoms with E-state index in [-0.39, 0.29) is 36.0 Å². The summed E-state index contributed by atoms with van der Waals surface area (Å²) in [5.74, 6) is -0.595. The van der Waals surface area contributed by atoms with Gasteiger partial charge in [-0.3, -0.25) is 14.1 Å². The second kappa shape index (κ2) is 12.2. The van der Waals surface area contributed by atoms with Crippen LogP contribution in [-0.2, 0) is 19.7 Å². The summed E-state index contributed by atoms with van der Waals surface area (Å²) in [5, 5.41) is 22.9. The van der Waals surface area contributed by atoms with Gasteiger partial charge in [-0.1, -0.05) is 6.07 Å². The fourth-order valence-electron chi connectivity index (χ4n) is 5.42. The van der Waals surface area contributed by atoms with Gasteiger partial charge < -0.3 is 14.4 Å². The maximum absolute atomic E-state index is 14.2. The van der Waals surface area contributed by atoms with Gasteiger partial charge in [-0.05, 0) is 43.2 Å². The lowest BCUT2D eigenvalue weighted by Crippen LogP contribution is -2.35. The molecule has 5 aromatic rings. The van der Waals surface area contributed by atoms with E-state index in [0.717, 1.165) is 36.8 Å². The third-order valence-corrected chi connectivity index (χ3v) is 7.79. The van der Waals surface area contributed by atoms with Crippen LogP contribution in [0.4, 0.5) is 13.2 Å². The number of benzene rings is 2. The average Bonchev–Trinajstić information content (AvgIpc) is 3.76. The standard InChI is InChI=1S/C30H27F3N8O3/c31-24-11-19(13-34)1-2-21(24)17-44-28-7-10-41(37-28)22-5-8-38(9-6-22)16-27-36-25-4-3-20(29(42)43)12-26(25)39(27)15-23-14-35-18-40(23)30(32)33/h1-4,7,10-12,14,18,22,30H,5-6,8-9,15-17H2,(H,42,43). The van der Waals surface area contributed by atoms with Crippen molar-refractivity contribution in [3.05, 3.63) is 95.2 Å². The molecule has 3 aromatic heterocycles. The van der Waals surface area contributed by atoms with E-state index >= 15 is 0 Å². The molecule has 6 rings (SSSR count). The number of rotatable bonds is 10. The largest absolute Gasteiger partial charge is 0.478 e. The van der Waals surface area contributed by atoms with E-state index in [1.165, 1.54) is 36.5 Å². The van der Waals surface area contributed by atoms with Crippen LogP contribution in [0.2, 0.25) is 0 Å². The molecule has 0 unspecified atom stereocenters. The predicted octanol–water partition coefficient (Wildman–Crippen LogP) is 5.00. The Hall–Kier alpha value is -5.16. The predicted molar refractivity (Wildman–Crippen MR) is 150 cm³/mol. The zero-order valence-electron chi connectivity index (χ0n) is 23.4. The van der Waals surface area contributed by atoms with Gasteiger partial charge in [-0.15, -0.1) is 5.10 Å².